The second-order valence-corrected chi connectivity index (χ2v) is 6.67. The Balaban J connectivity index is 3.29. The van der Waals surface area contributed by atoms with Crippen LogP contribution in [0.25, 0.3) is 0 Å². The monoisotopic (exact) mass is 278 g/mol. The van der Waals surface area contributed by atoms with Crippen molar-refractivity contribution in [2.45, 2.75) is 78.1 Å². The lowest BCUT2D eigenvalue weighted by Gasteiger charge is -2.05. The fourth-order valence-corrected chi connectivity index (χ4v) is 2.93. The first kappa shape index (κ1) is 17.9. The van der Waals surface area contributed by atoms with Crippen LogP contribution in [-0.2, 0) is 14.3 Å². The Hall–Kier alpha value is -0.0900. The number of hydrogen-bond donors (Lipinski definition) is 0. The summed E-state index contributed by atoms with van der Waals surface area (Å²) in [6, 6.07) is 0. The summed E-state index contributed by atoms with van der Waals surface area (Å²) in [5, 5.41) is 0. The standard InChI is InChI=1S/C14H30O3S/c1-3-5-7-8-9-10-11-12-13-17-18(15,16)14-6-4-2/h3-14H2,1-2H3. The van der Waals surface area contributed by atoms with Crippen LogP contribution < -0.4 is 0 Å². The van der Waals surface area contributed by atoms with Crippen molar-refractivity contribution in [1.82, 2.24) is 0 Å². The smallest absolute Gasteiger partial charge is 0.267 e. The van der Waals surface area contributed by atoms with Gasteiger partial charge in [-0.15, -0.1) is 0 Å². The van der Waals surface area contributed by atoms with Gasteiger partial charge in [0.15, 0.2) is 0 Å². The summed E-state index contributed by atoms with van der Waals surface area (Å²) in [7, 11) is -3.25. The van der Waals surface area contributed by atoms with Crippen LogP contribution in [0.4, 0.5) is 0 Å². The van der Waals surface area contributed by atoms with E-state index in [1.54, 1.807) is 0 Å². The van der Waals surface area contributed by atoms with Gasteiger partial charge < -0.3 is 0 Å². The highest BCUT2D eigenvalue weighted by atomic mass is 32.2. The van der Waals surface area contributed by atoms with Crippen LogP contribution >= 0.6 is 0 Å². The molecule has 0 fully saturated rings. The first-order valence-electron chi connectivity index (χ1n) is 7.49. The van der Waals surface area contributed by atoms with Crippen molar-refractivity contribution in [3.63, 3.8) is 0 Å². The second-order valence-electron chi connectivity index (χ2n) is 4.91. The molecule has 0 aliphatic carbocycles. The van der Waals surface area contributed by atoms with Crippen LogP contribution in [0.1, 0.15) is 78.1 Å². The van der Waals surface area contributed by atoms with Crippen molar-refractivity contribution in [2.24, 2.45) is 0 Å². The van der Waals surface area contributed by atoms with Gasteiger partial charge in [0.05, 0.1) is 12.4 Å². The molecule has 0 aromatic heterocycles. The Bertz CT molecular complexity index is 260. The molecule has 0 heterocycles. The van der Waals surface area contributed by atoms with Crippen LogP contribution in [0, 0.1) is 0 Å². The predicted octanol–water partition coefficient (Wildman–Crippen LogP) is 4.27. The summed E-state index contributed by atoms with van der Waals surface area (Å²) in [5.41, 5.74) is 0. The van der Waals surface area contributed by atoms with E-state index < -0.39 is 10.1 Å². The first-order valence-corrected chi connectivity index (χ1v) is 9.07. The second kappa shape index (κ2) is 12.0. The van der Waals surface area contributed by atoms with E-state index in [1.165, 1.54) is 38.5 Å². The van der Waals surface area contributed by atoms with Crippen molar-refractivity contribution in [3.05, 3.63) is 0 Å². The Labute approximate surface area is 113 Å². The van der Waals surface area contributed by atoms with Gasteiger partial charge in [-0.1, -0.05) is 65.2 Å². The first-order chi connectivity index (χ1) is 8.62. The molecule has 0 bridgehead atoms. The van der Waals surface area contributed by atoms with Gasteiger partial charge in [-0.3, -0.25) is 4.18 Å². The zero-order valence-corrected chi connectivity index (χ0v) is 12.9. The molecule has 0 aromatic rings. The highest BCUT2D eigenvalue weighted by Gasteiger charge is 2.09. The third-order valence-electron chi connectivity index (χ3n) is 3.01. The molecule has 0 rings (SSSR count). The van der Waals surface area contributed by atoms with Gasteiger partial charge in [0, 0.05) is 0 Å². The van der Waals surface area contributed by atoms with Gasteiger partial charge in [0.1, 0.15) is 0 Å². The van der Waals surface area contributed by atoms with Crippen LogP contribution in [0.2, 0.25) is 0 Å². The molecule has 0 saturated carbocycles. The zero-order chi connectivity index (χ0) is 13.7. The molecular formula is C14H30O3S. The average molecular weight is 278 g/mol. The Morgan fingerprint density at radius 3 is 1.78 bits per heavy atom. The molecule has 0 radical (unpaired) electrons. The van der Waals surface area contributed by atoms with E-state index in [0.29, 0.717) is 13.0 Å². The van der Waals surface area contributed by atoms with Crippen molar-refractivity contribution < 1.29 is 12.6 Å². The molecule has 0 amide bonds. The van der Waals surface area contributed by atoms with E-state index in [2.05, 4.69) is 6.92 Å². The Kier molecular flexibility index (Phi) is 11.9. The lowest BCUT2D eigenvalue weighted by Crippen LogP contribution is -2.11. The van der Waals surface area contributed by atoms with E-state index in [9.17, 15) is 8.42 Å². The SMILES string of the molecule is CCCCCCCCCCOS(=O)(=O)CCCC. The molecular weight excluding hydrogens is 248 g/mol. The maximum atomic E-state index is 11.4. The molecule has 0 aliphatic rings. The van der Waals surface area contributed by atoms with Crippen molar-refractivity contribution in [1.29, 1.82) is 0 Å². The van der Waals surface area contributed by atoms with Gasteiger partial charge in [0.2, 0.25) is 0 Å². The highest BCUT2D eigenvalue weighted by Crippen LogP contribution is 2.09. The predicted molar refractivity (Wildman–Crippen MR) is 77.3 cm³/mol. The molecule has 0 atom stereocenters. The summed E-state index contributed by atoms with van der Waals surface area (Å²) in [4.78, 5) is 0. The molecule has 0 saturated heterocycles. The maximum absolute atomic E-state index is 11.4. The lowest BCUT2D eigenvalue weighted by molar-refractivity contribution is 0.305. The lowest BCUT2D eigenvalue weighted by atomic mass is 10.1. The molecule has 0 aliphatic heterocycles. The molecule has 0 unspecified atom stereocenters. The minimum Gasteiger partial charge on any atom is -0.270 e. The van der Waals surface area contributed by atoms with Gasteiger partial charge in [-0.05, 0) is 12.8 Å². The van der Waals surface area contributed by atoms with Gasteiger partial charge in [-0.2, -0.15) is 8.42 Å². The van der Waals surface area contributed by atoms with E-state index in [-0.39, 0.29) is 5.75 Å². The molecule has 110 valence electrons. The molecule has 0 aromatic carbocycles. The van der Waals surface area contributed by atoms with Gasteiger partial charge >= 0.3 is 0 Å². The molecule has 0 spiro atoms. The third kappa shape index (κ3) is 12.4. The number of rotatable bonds is 13. The van der Waals surface area contributed by atoms with Crippen molar-refractivity contribution in [2.75, 3.05) is 12.4 Å². The average Bonchev–Trinajstić information content (AvgIpc) is 2.34. The maximum Gasteiger partial charge on any atom is 0.267 e. The summed E-state index contributed by atoms with van der Waals surface area (Å²) >= 11 is 0. The van der Waals surface area contributed by atoms with Crippen LogP contribution in [0.15, 0.2) is 0 Å². The normalized spacial score (nSPS) is 11.9. The number of unbranched alkanes of at least 4 members (excludes halogenated alkanes) is 8. The van der Waals surface area contributed by atoms with E-state index in [1.807, 2.05) is 6.92 Å². The summed E-state index contributed by atoms with van der Waals surface area (Å²) < 4.78 is 27.7. The molecule has 3 nitrogen and oxygen atoms in total. The number of hydrogen-bond acceptors (Lipinski definition) is 3. The van der Waals surface area contributed by atoms with E-state index in [0.717, 1.165) is 19.3 Å². The fourth-order valence-electron chi connectivity index (χ4n) is 1.80. The van der Waals surface area contributed by atoms with Crippen molar-refractivity contribution >= 4 is 10.1 Å². The van der Waals surface area contributed by atoms with Gasteiger partial charge in [-0.25, -0.2) is 0 Å². The molecule has 4 heteroatoms. The summed E-state index contributed by atoms with van der Waals surface area (Å²) in [6.45, 7) is 4.56. The largest absolute Gasteiger partial charge is 0.270 e. The topological polar surface area (TPSA) is 43.4 Å². The quantitative estimate of drug-likeness (QED) is 0.373. The highest BCUT2D eigenvalue weighted by molar-refractivity contribution is 7.86. The molecule has 18 heavy (non-hydrogen) atoms. The Morgan fingerprint density at radius 2 is 1.22 bits per heavy atom. The summed E-state index contributed by atoms with van der Waals surface area (Å²) in [6.07, 6.45) is 11.2. The third-order valence-corrected chi connectivity index (χ3v) is 4.32. The van der Waals surface area contributed by atoms with Crippen molar-refractivity contribution in [3.8, 4) is 0 Å². The minimum absolute atomic E-state index is 0.167. The Morgan fingerprint density at radius 1 is 0.722 bits per heavy atom. The molecule has 0 N–H and O–H groups in total. The minimum atomic E-state index is -3.25. The van der Waals surface area contributed by atoms with Crippen LogP contribution in [0.3, 0.4) is 0 Å². The summed E-state index contributed by atoms with van der Waals surface area (Å²) in [5.74, 6) is 0.167. The zero-order valence-electron chi connectivity index (χ0n) is 12.1. The van der Waals surface area contributed by atoms with Gasteiger partial charge in [0.25, 0.3) is 10.1 Å². The van der Waals surface area contributed by atoms with Crippen LogP contribution in [0.5, 0.6) is 0 Å². The fraction of sp³-hybridized carbons (Fsp3) is 1.00. The van der Waals surface area contributed by atoms with Crippen LogP contribution in [-0.4, -0.2) is 20.8 Å². The van der Waals surface area contributed by atoms with E-state index in [4.69, 9.17) is 4.18 Å². The van der Waals surface area contributed by atoms with E-state index >= 15 is 0 Å².